The quantitative estimate of drug-likeness (QED) is 0.205. The Bertz CT molecular complexity index is 2300. The summed E-state index contributed by atoms with van der Waals surface area (Å²) in [5, 5.41) is 12.3. The van der Waals surface area contributed by atoms with E-state index in [1.54, 1.807) is 44.2 Å². The molecule has 0 radical (unpaired) electrons. The molecule has 1 saturated heterocycles. The van der Waals surface area contributed by atoms with E-state index in [4.69, 9.17) is 18.9 Å². The smallest absolute Gasteiger partial charge is 0.355 e. The topological polar surface area (TPSA) is 154 Å². The van der Waals surface area contributed by atoms with E-state index in [2.05, 4.69) is 0 Å². The molecule has 3 aliphatic rings. The molecule has 2 aromatic carbocycles. The van der Waals surface area contributed by atoms with Crippen molar-refractivity contribution in [2.75, 3.05) is 19.8 Å². The zero-order chi connectivity index (χ0) is 38.5. The van der Waals surface area contributed by atoms with Crippen LogP contribution in [0.4, 0.5) is 0 Å². The molecule has 1 spiro atoms. The molecule has 282 valence electrons. The fourth-order valence-corrected chi connectivity index (χ4v) is 9.66. The van der Waals surface area contributed by atoms with E-state index in [-0.39, 0.29) is 54.8 Å². The molecule has 0 bridgehead atoms. The van der Waals surface area contributed by atoms with Crippen molar-refractivity contribution >= 4 is 33.3 Å². The Morgan fingerprint density at radius 1 is 1.04 bits per heavy atom. The van der Waals surface area contributed by atoms with Gasteiger partial charge in [-0.1, -0.05) is 63.2 Å². The Morgan fingerprint density at radius 2 is 1.74 bits per heavy atom. The zero-order valence-corrected chi connectivity index (χ0v) is 32.1. The molecule has 1 unspecified atom stereocenters. The van der Waals surface area contributed by atoms with Crippen molar-refractivity contribution in [2.45, 2.75) is 82.4 Å². The third kappa shape index (κ3) is 6.58. The molecule has 7 rings (SSSR count). The average molecular weight is 772 g/mol. The highest BCUT2D eigenvalue weighted by Gasteiger charge is 2.52. The number of aromatic nitrogens is 1. The molecule has 5 heterocycles. The third-order valence-electron chi connectivity index (χ3n) is 10.4. The van der Waals surface area contributed by atoms with Crippen molar-refractivity contribution in [2.24, 2.45) is 5.41 Å². The number of thiophene rings is 1. The van der Waals surface area contributed by atoms with Crippen molar-refractivity contribution in [3.05, 3.63) is 110 Å². The molecule has 14 heteroatoms. The van der Waals surface area contributed by atoms with E-state index >= 15 is 0 Å². The molecular formula is C40H41N3O9S2. The van der Waals surface area contributed by atoms with Crippen LogP contribution in [-0.4, -0.2) is 60.9 Å². The van der Waals surface area contributed by atoms with Gasteiger partial charge in [-0.2, -0.15) is 9.57 Å². The van der Waals surface area contributed by atoms with Gasteiger partial charge in [0, 0.05) is 40.9 Å². The monoisotopic (exact) mass is 771 g/mol. The van der Waals surface area contributed by atoms with Crippen LogP contribution in [0.25, 0.3) is 10.4 Å². The minimum atomic E-state index is -4.31. The van der Waals surface area contributed by atoms with Gasteiger partial charge in [-0.15, -0.1) is 11.3 Å². The van der Waals surface area contributed by atoms with E-state index in [1.165, 1.54) is 34.1 Å². The van der Waals surface area contributed by atoms with Crippen LogP contribution in [0, 0.1) is 16.7 Å². The Hall–Kier alpha value is -4.65. The van der Waals surface area contributed by atoms with Gasteiger partial charge in [-0.05, 0) is 59.7 Å². The molecule has 4 aromatic rings. The standard InChI is InChI=1S/C40H41N3O9S2/c1-5-40(37(46)49-6-2,32-19-29-20-39(50-24-38(3,4)25-51-39)23-42(29)35(44)31(32)21-41)52-36(45)33-18-27-10-7-8-11-28(27)22-43(33)54(47,48)30-15-13-26(14-16-30)34-12-9-17-53-34/h7-17,19,33H,5-6,18,20,22-25H2,1-4H3/t33?,40-/m0/s1. The third-order valence-corrected chi connectivity index (χ3v) is 13.1. The number of rotatable bonds is 9. The van der Waals surface area contributed by atoms with Crippen LogP contribution in [-0.2, 0) is 70.1 Å². The zero-order valence-electron chi connectivity index (χ0n) is 30.5. The lowest BCUT2D eigenvalue weighted by molar-refractivity contribution is -0.296. The van der Waals surface area contributed by atoms with Gasteiger partial charge < -0.3 is 23.5 Å². The highest BCUT2D eigenvalue weighted by Crippen LogP contribution is 2.41. The largest absolute Gasteiger partial charge is 0.463 e. The molecule has 12 nitrogen and oxygen atoms in total. The van der Waals surface area contributed by atoms with Gasteiger partial charge in [0.2, 0.25) is 15.6 Å². The van der Waals surface area contributed by atoms with Crippen molar-refractivity contribution < 1.29 is 37.0 Å². The van der Waals surface area contributed by atoms with Crippen LogP contribution < -0.4 is 5.56 Å². The Morgan fingerprint density at radius 3 is 2.37 bits per heavy atom. The maximum absolute atomic E-state index is 14.6. The lowest BCUT2D eigenvalue weighted by atomic mass is 9.86. The maximum atomic E-state index is 14.6. The van der Waals surface area contributed by atoms with E-state index in [1.807, 2.05) is 43.5 Å². The number of nitrogens with zero attached hydrogens (tertiary/aromatic N) is 3. The van der Waals surface area contributed by atoms with E-state index in [9.17, 15) is 28.1 Å². The number of benzene rings is 2. The van der Waals surface area contributed by atoms with Crippen LogP contribution in [0.3, 0.4) is 0 Å². The highest BCUT2D eigenvalue weighted by atomic mass is 32.2. The first-order valence-electron chi connectivity index (χ1n) is 17.8. The molecular weight excluding hydrogens is 731 g/mol. The van der Waals surface area contributed by atoms with Gasteiger partial charge in [0.25, 0.3) is 5.56 Å². The summed E-state index contributed by atoms with van der Waals surface area (Å²) in [6, 6.07) is 19.6. The molecule has 54 heavy (non-hydrogen) atoms. The van der Waals surface area contributed by atoms with E-state index < -0.39 is 50.5 Å². The van der Waals surface area contributed by atoms with Gasteiger partial charge >= 0.3 is 11.9 Å². The number of ether oxygens (including phenoxy) is 4. The highest BCUT2D eigenvalue weighted by molar-refractivity contribution is 7.89. The number of pyridine rings is 1. The maximum Gasteiger partial charge on any atom is 0.355 e. The first kappa shape index (κ1) is 37.7. The number of esters is 2. The summed E-state index contributed by atoms with van der Waals surface area (Å²) < 4.78 is 55.4. The number of hydrogen-bond acceptors (Lipinski definition) is 11. The molecule has 0 N–H and O–H groups in total. The Labute approximate surface area is 317 Å². The summed E-state index contributed by atoms with van der Waals surface area (Å²) in [7, 11) is -4.31. The van der Waals surface area contributed by atoms with Crippen molar-refractivity contribution in [3.8, 4) is 16.5 Å². The van der Waals surface area contributed by atoms with Gasteiger partial charge in [0.05, 0.1) is 31.3 Å². The van der Waals surface area contributed by atoms with Crippen LogP contribution in [0.15, 0.2) is 81.8 Å². The molecule has 0 aliphatic carbocycles. The molecule has 1 fully saturated rings. The Balaban J connectivity index is 1.28. The van der Waals surface area contributed by atoms with Gasteiger partial charge in [-0.3, -0.25) is 9.59 Å². The summed E-state index contributed by atoms with van der Waals surface area (Å²) in [6.07, 6.45) is -0.123. The van der Waals surface area contributed by atoms with Crippen LogP contribution in [0.1, 0.15) is 62.1 Å². The lowest BCUT2D eigenvalue weighted by Crippen LogP contribution is -2.53. The number of carbonyl (C=O) groups is 2. The van der Waals surface area contributed by atoms with Crippen LogP contribution in [0.5, 0.6) is 0 Å². The lowest BCUT2D eigenvalue weighted by Gasteiger charge is -2.40. The average Bonchev–Trinajstić information content (AvgIpc) is 3.84. The fraction of sp³-hybridized carbons (Fsp3) is 0.400. The number of nitriles is 1. The predicted octanol–water partition coefficient (Wildman–Crippen LogP) is 5.30. The fourth-order valence-electron chi connectivity index (χ4n) is 7.37. The summed E-state index contributed by atoms with van der Waals surface area (Å²) >= 11 is 1.53. The van der Waals surface area contributed by atoms with Crippen molar-refractivity contribution in [1.29, 1.82) is 5.26 Å². The SMILES string of the molecule is CCOC(=O)[C@@](CC)(OC(=O)C1Cc2ccccc2CN1S(=O)(=O)c1ccc(-c2cccs2)cc1)c1cc2n(c(=O)c1C#N)CC1(C2)OCC(C)(C)CO1. The predicted molar refractivity (Wildman–Crippen MR) is 199 cm³/mol. The second kappa shape index (κ2) is 14.2. The second-order valence-electron chi connectivity index (χ2n) is 14.6. The van der Waals surface area contributed by atoms with E-state index in [0.717, 1.165) is 25.9 Å². The molecule has 2 aromatic heterocycles. The summed E-state index contributed by atoms with van der Waals surface area (Å²) in [6.45, 7) is 7.74. The number of hydrogen-bond donors (Lipinski definition) is 0. The first-order chi connectivity index (χ1) is 25.8. The van der Waals surface area contributed by atoms with Crippen LogP contribution in [0.2, 0.25) is 0 Å². The number of carbonyl (C=O) groups excluding carboxylic acids is 2. The number of fused-ring (bicyclic) bond motifs is 2. The number of sulfonamides is 1. The molecule has 3 aliphatic heterocycles. The molecule has 2 atom stereocenters. The van der Waals surface area contributed by atoms with Gasteiger partial charge in [0.15, 0.2) is 5.79 Å². The first-order valence-corrected chi connectivity index (χ1v) is 20.2. The second-order valence-corrected chi connectivity index (χ2v) is 17.5. The summed E-state index contributed by atoms with van der Waals surface area (Å²) in [5.41, 5.74) is -1.01. The Kier molecular flexibility index (Phi) is 9.91. The van der Waals surface area contributed by atoms with E-state index in [0.29, 0.717) is 18.9 Å². The molecule has 0 amide bonds. The van der Waals surface area contributed by atoms with Gasteiger partial charge in [-0.25, -0.2) is 13.2 Å². The van der Waals surface area contributed by atoms with Crippen LogP contribution >= 0.6 is 11.3 Å². The normalized spacial score (nSPS) is 19.9. The molecule has 0 saturated carbocycles. The van der Waals surface area contributed by atoms with Gasteiger partial charge in [0.1, 0.15) is 17.7 Å². The van der Waals surface area contributed by atoms with Crippen molar-refractivity contribution in [3.63, 3.8) is 0 Å². The summed E-state index contributed by atoms with van der Waals surface area (Å²) in [5.74, 6) is -3.16. The summed E-state index contributed by atoms with van der Waals surface area (Å²) in [4.78, 5) is 43.7. The van der Waals surface area contributed by atoms with Crippen molar-refractivity contribution in [1.82, 2.24) is 8.87 Å². The minimum absolute atomic E-state index is 0.0185. The minimum Gasteiger partial charge on any atom is -0.463 e.